The number of hydrogen-bond acceptors (Lipinski definition) is 4. The van der Waals surface area contributed by atoms with Crippen LogP contribution < -0.4 is 0 Å². The SMILES string of the molecule is CC(C)CC(=O)c1ccccc1-n1cnnn1. The first-order valence-electron chi connectivity index (χ1n) is 5.54. The van der Waals surface area contributed by atoms with E-state index in [4.69, 9.17) is 0 Å². The van der Waals surface area contributed by atoms with Gasteiger partial charge in [0.2, 0.25) is 0 Å². The second-order valence-electron chi connectivity index (χ2n) is 4.29. The van der Waals surface area contributed by atoms with Gasteiger partial charge in [0.15, 0.2) is 5.78 Å². The molecule has 0 N–H and O–H groups in total. The predicted octanol–water partition coefficient (Wildman–Crippen LogP) is 1.89. The molecule has 5 heteroatoms. The third-order valence-electron chi connectivity index (χ3n) is 2.39. The number of carbonyl (C=O) groups excluding carboxylic acids is 1. The van der Waals surface area contributed by atoms with E-state index in [-0.39, 0.29) is 5.78 Å². The number of para-hydroxylation sites is 1. The minimum Gasteiger partial charge on any atom is -0.294 e. The molecule has 0 aliphatic rings. The fourth-order valence-electron chi connectivity index (χ4n) is 1.66. The lowest BCUT2D eigenvalue weighted by Crippen LogP contribution is -2.09. The molecule has 0 aliphatic carbocycles. The highest BCUT2D eigenvalue weighted by Gasteiger charge is 2.14. The first kappa shape index (κ1) is 11.4. The van der Waals surface area contributed by atoms with E-state index >= 15 is 0 Å². The van der Waals surface area contributed by atoms with Crippen molar-refractivity contribution >= 4 is 5.78 Å². The Bertz CT molecular complexity index is 505. The van der Waals surface area contributed by atoms with Gasteiger partial charge in [0, 0.05) is 12.0 Å². The van der Waals surface area contributed by atoms with Crippen molar-refractivity contribution in [2.75, 3.05) is 0 Å². The van der Waals surface area contributed by atoms with E-state index in [1.807, 2.05) is 38.1 Å². The van der Waals surface area contributed by atoms with Crippen LogP contribution in [-0.4, -0.2) is 26.0 Å². The van der Waals surface area contributed by atoms with Crippen molar-refractivity contribution in [3.8, 4) is 5.69 Å². The lowest BCUT2D eigenvalue weighted by molar-refractivity contribution is 0.0967. The molecule has 0 radical (unpaired) electrons. The highest BCUT2D eigenvalue weighted by molar-refractivity contribution is 5.99. The number of aromatic nitrogens is 4. The quantitative estimate of drug-likeness (QED) is 0.752. The van der Waals surface area contributed by atoms with Gasteiger partial charge in [-0.25, -0.2) is 0 Å². The molecule has 0 fully saturated rings. The van der Waals surface area contributed by atoms with Gasteiger partial charge < -0.3 is 0 Å². The number of nitrogens with zero attached hydrogens (tertiary/aromatic N) is 4. The van der Waals surface area contributed by atoms with Crippen LogP contribution in [0.4, 0.5) is 0 Å². The minimum atomic E-state index is 0.117. The van der Waals surface area contributed by atoms with Gasteiger partial charge in [0.05, 0.1) is 5.69 Å². The molecule has 0 atom stereocenters. The van der Waals surface area contributed by atoms with Gasteiger partial charge in [-0.3, -0.25) is 4.79 Å². The Labute approximate surface area is 99.5 Å². The van der Waals surface area contributed by atoms with Crippen LogP contribution in [0.5, 0.6) is 0 Å². The zero-order chi connectivity index (χ0) is 12.3. The summed E-state index contributed by atoms with van der Waals surface area (Å²) in [6.07, 6.45) is 2.01. The summed E-state index contributed by atoms with van der Waals surface area (Å²) in [5, 5.41) is 11.0. The zero-order valence-electron chi connectivity index (χ0n) is 9.87. The molecule has 2 rings (SSSR count). The lowest BCUT2D eigenvalue weighted by Gasteiger charge is -2.08. The molecular weight excluding hydrogens is 216 g/mol. The molecule has 0 saturated carbocycles. The first-order chi connectivity index (χ1) is 8.18. The molecule has 0 amide bonds. The molecule has 17 heavy (non-hydrogen) atoms. The van der Waals surface area contributed by atoms with Gasteiger partial charge in [-0.2, -0.15) is 4.68 Å². The summed E-state index contributed by atoms with van der Waals surface area (Å²) in [7, 11) is 0. The fraction of sp³-hybridized carbons (Fsp3) is 0.333. The maximum atomic E-state index is 12.1. The zero-order valence-corrected chi connectivity index (χ0v) is 9.87. The van der Waals surface area contributed by atoms with Crippen LogP contribution in [0.15, 0.2) is 30.6 Å². The van der Waals surface area contributed by atoms with Crippen LogP contribution in [0.2, 0.25) is 0 Å². The van der Waals surface area contributed by atoms with Crippen molar-refractivity contribution in [2.45, 2.75) is 20.3 Å². The molecule has 88 valence electrons. The van der Waals surface area contributed by atoms with Crippen molar-refractivity contribution in [3.05, 3.63) is 36.2 Å². The molecule has 1 aromatic carbocycles. The van der Waals surface area contributed by atoms with Crippen LogP contribution in [0.25, 0.3) is 5.69 Å². The summed E-state index contributed by atoms with van der Waals surface area (Å²) in [6.45, 7) is 4.05. The van der Waals surface area contributed by atoms with Crippen molar-refractivity contribution in [3.63, 3.8) is 0 Å². The van der Waals surface area contributed by atoms with Crippen LogP contribution in [-0.2, 0) is 0 Å². The Hall–Kier alpha value is -2.04. The number of Topliss-reactive ketones (excluding diaryl/α,β-unsaturated/α-hetero) is 1. The summed E-state index contributed by atoms with van der Waals surface area (Å²) in [4.78, 5) is 12.1. The Morgan fingerprint density at radius 3 is 2.76 bits per heavy atom. The van der Waals surface area contributed by atoms with Crippen molar-refractivity contribution in [2.24, 2.45) is 5.92 Å². The van der Waals surface area contributed by atoms with E-state index in [1.54, 1.807) is 0 Å². The van der Waals surface area contributed by atoms with Gasteiger partial charge in [-0.05, 0) is 28.5 Å². The smallest absolute Gasteiger partial charge is 0.165 e. The lowest BCUT2D eigenvalue weighted by atomic mass is 10.00. The molecule has 1 heterocycles. The van der Waals surface area contributed by atoms with E-state index in [1.165, 1.54) is 11.0 Å². The van der Waals surface area contributed by atoms with E-state index in [0.717, 1.165) is 5.69 Å². The Morgan fingerprint density at radius 1 is 1.35 bits per heavy atom. The minimum absolute atomic E-state index is 0.117. The number of carbonyl (C=O) groups is 1. The first-order valence-corrected chi connectivity index (χ1v) is 5.54. The maximum absolute atomic E-state index is 12.1. The molecule has 0 saturated heterocycles. The monoisotopic (exact) mass is 230 g/mol. The highest BCUT2D eigenvalue weighted by Crippen LogP contribution is 2.16. The summed E-state index contributed by atoms with van der Waals surface area (Å²) < 4.78 is 1.51. The van der Waals surface area contributed by atoms with Crippen LogP contribution in [0.1, 0.15) is 30.6 Å². The van der Waals surface area contributed by atoms with Crippen molar-refractivity contribution < 1.29 is 4.79 Å². The third-order valence-corrected chi connectivity index (χ3v) is 2.39. The van der Waals surface area contributed by atoms with Crippen LogP contribution >= 0.6 is 0 Å². The number of benzene rings is 1. The summed E-state index contributed by atoms with van der Waals surface area (Å²) in [5.74, 6) is 0.454. The molecule has 1 aromatic heterocycles. The van der Waals surface area contributed by atoms with Crippen molar-refractivity contribution in [1.82, 2.24) is 20.2 Å². The van der Waals surface area contributed by atoms with Crippen LogP contribution in [0.3, 0.4) is 0 Å². The number of hydrogen-bond donors (Lipinski definition) is 0. The van der Waals surface area contributed by atoms with Crippen molar-refractivity contribution in [1.29, 1.82) is 0 Å². The van der Waals surface area contributed by atoms with Gasteiger partial charge >= 0.3 is 0 Å². The predicted molar refractivity (Wildman–Crippen MR) is 62.9 cm³/mol. The fourth-order valence-corrected chi connectivity index (χ4v) is 1.66. The topological polar surface area (TPSA) is 60.7 Å². The molecule has 5 nitrogen and oxygen atoms in total. The van der Waals surface area contributed by atoms with E-state index < -0.39 is 0 Å². The average Bonchev–Trinajstić information content (AvgIpc) is 2.81. The number of tetrazole rings is 1. The van der Waals surface area contributed by atoms with E-state index in [0.29, 0.717) is 17.9 Å². The largest absolute Gasteiger partial charge is 0.294 e. The highest BCUT2D eigenvalue weighted by atomic mass is 16.1. The van der Waals surface area contributed by atoms with E-state index in [9.17, 15) is 4.79 Å². The standard InChI is InChI=1S/C12H14N4O/c1-9(2)7-12(17)10-5-3-4-6-11(10)16-8-13-14-15-16/h3-6,8-9H,7H2,1-2H3. The summed E-state index contributed by atoms with van der Waals surface area (Å²) in [5.41, 5.74) is 1.39. The van der Waals surface area contributed by atoms with Gasteiger partial charge in [-0.1, -0.05) is 26.0 Å². The van der Waals surface area contributed by atoms with Gasteiger partial charge in [-0.15, -0.1) is 5.10 Å². The average molecular weight is 230 g/mol. The van der Waals surface area contributed by atoms with E-state index in [2.05, 4.69) is 15.5 Å². The molecule has 2 aromatic rings. The Kier molecular flexibility index (Phi) is 3.27. The second-order valence-corrected chi connectivity index (χ2v) is 4.29. The molecular formula is C12H14N4O. The molecule has 0 unspecified atom stereocenters. The maximum Gasteiger partial charge on any atom is 0.165 e. The second kappa shape index (κ2) is 4.86. The van der Waals surface area contributed by atoms with Gasteiger partial charge in [0.25, 0.3) is 0 Å². The Balaban J connectivity index is 2.38. The number of ketones is 1. The molecule has 0 aliphatic heterocycles. The van der Waals surface area contributed by atoms with Crippen LogP contribution in [0, 0.1) is 5.92 Å². The molecule has 0 spiro atoms. The third kappa shape index (κ3) is 2.55. The summed E-state index contributed by atoms with van der Waals surface area (Å²) >= 11 is 0. The number of rotatable bonds is 4. The Morgan fingerprint density at radius 2 is 2.12 bits per heavy atom. The van der Waals surface area contributed by atoms with Gasteiger partial charge in [0.1, 0.15) is 6.33 Å². The molecule has 0 bridgehead atoms. The summed E-state index contributed by atoms with van der Waals surface area (Å²) in [6, 6.07) is 7.36. The normalized spacial score (nSPS) is 10.8.